The number of carbonyl (C=O) groups excluding carboxylic acids is 1. The zero-order chi connectivity index (χ0) is 12.1. The summed E-state index contributed by atoms with van der Waals surface area (Å²) < 4.78 is 4.90. The number of amides is 1. The minimum atomic E-state index is -1.09. The number of nitrogens with one attached hydrogen (secondary N) is 1. The Bertz CT molecular complexity index is 417. The van der Waals surface area contributed by atoms with Crippen molar-refractivity contribution in [3.63, 3.8) is 0 Å². The Morgan fingerprint density at radius 3 is 2.69 bits per heavy atom. The third-order valence-corrected chi connectivity index (χ3v) is 1.90. The van der Waals surface area contributed by atoms with E-state index in [1.807, 2.05) is 0 Å². The number of hydrogen-bond donors (Lipinski definition) is 3. The number of ether oxygens (including phenoxy) is 1. The summed E-state index contributed by atoms with van der Waals surface area (Å²) in [4.78, 5) is 21.8. The molecule has 0 spiro atoms. The molecule has 1 aromatic rings. The molecule has 1 aromatic carbocycles. The second-order valence-corrected chi connectivity index (χ2v) is 2.97. The molecule has 1 amide bonds. The van der Waals surface area contributed by atoms with Crippen LogP contribution in [-0.4, -0.2) is 30.6 Å². The van der Waals surface area contributed by atoms with E-state index in [9.17, 15) is 9.59 Å². The molecular formula is C10H12N2O4. The molecule has 6 nitrogen and oxygen atoms in total. The van der Waals surface area contributed by atoms with Gasteiger partial charge < -0.3 is 20.9 Å². The first-order chi connectivity index (χ1) is 7.58. The van der Waals surface area contributed by atoms with Gasteiger partial charge in [0, 0.05) is 11.8 Å². The Morgan fingerprint density at radius 2 is 2.19 bits per heavy atom. The van der Waals surface area contributed by atoms with Crippen molar-refractivity contribution in [3.8, 4) is 5.75 Å². The standard InChI is InChI=1S/C10H12N2O4/c1-16-8-4-6(12-9(13)5-11)2-3-7(8)10(14)15/h2-4H,5,11H2,1H3,(H,12,13)(H,14,15). The lowest BCUT2D eigenvalue weighted by Crippen LogP contribution is -2.21. The van der Waals surface area contributed by atoms with Gasteiger partial charge in [-0.25, -0.2) is 4.79 Å². The molecule has 0 heterocycles. The number of benzene rings is 1. The third kappa shape index (κ3) is 2.71. The van der Waals surface area contributed by atoms with Crippen LogP contribution in [0.2, 0.25) is 0 Å². The number of anilines is 1. The lowest BCUT2D eigenvalue weighted by molar-refractivity contribution is -0.114. The molecule has 0 aliphatic rings. The van der Waals surface area contributed by atoms with Gasteiger partial charge in [0.2, 0.25) is 5.91 Å². The molecule has 0 radical (unpaired) electrons. The largest absolute Gasteiger partial charge is 0.496 e. The maximum Gasteiger partial charge on any atom is 0.339 e. The Hall–Kier alpha value is -2.08. The molecule has 0 fully saturated rings. The summed E-state index contributed by atoms with van der Waals surface area (Å²) in [6, 6.07) is 4.25. The summed E-state index contributed by atoms with van der Waals surface area (Å²) in [7, 11) is 1.36. The quantitative estimate of drug-likeness (QED) is 0.682. The molecular weight excluding hydrogens is 212 g/mol. The molecule has 0 saturated carbocycles. The number of rotatable bonds is 4. The van der Waals surface area contributed by atoms with Crippen molar-refractivity contribution in [1.29, 1.82) is 0 Å². The van der Waals surface area contributed by atoms with Gasteiger partial charge in [0.1, 0.15) is 11.3 Å². The van der Waals surface area contributed by atoms with Crippen LogP contribution in [0.4, 0.5) is 5.69 Å². The van der Waals surface area contributed by atoms with E-state index in [4.69, 9.17) is 15.6 Å². The van der Waals surface area contributed by atoms with Crippen LogP contribution in [-0.2, 0) is 4.79 Å². The van der Waals surface area contributed by atoms with E-state index in [0.717, 1.165) is 0 Å². The minimum Gasteiger partial charge on any atom is -0.496 e. The summed E-state index contributed by atoms with van der Waals surface area (Å²) in [5.41, 5.74) is 5.61. The number of aromatic carboxylic acids is 1. The van der Waals surface area contributed by atoms with Crippen molar-refractivity contribution in [2.45, 2.75) is 0 Å². The molecule has 0 bridgehead atoms. The Morgan fingerprint density at radius 1 is 1.50 bits per heavy atom. The van der Waals surface area contributed by atoms with Crippen LogP contribution in [0.3, 0.4) is 0 Å². The van der Waals surface area contributed by atoms with Crippen LogP contribution < -0.4 is 15.8 Å². The van der Waals surface area contributed by atoms with E-state index < -0.39 is 5.97 Å². The summed E-state index contributed by atoms with van der Waals surface area (Å²) in [5, 5.41) is 11.3. The maximum atomic E-state index is 11.0. The van der Waals surface area contributed by atoms with Crippen molar-refractivity contribution in [3.05, 3.63) is 23.8 Å². The van der Waals surface area contributed by atoms with Gasteiger partial charge in [-0.15, -0.1) is 0 Å². The van der Waals surface area contributed by atoms with Crippen molar-refractivity contribution in [2.24, 2.45) is 5.73 Å². The minimum absolute atomic E-state index is 0.0354. The molecule has 0 saturated heterocycles. The highest BCUT2D eigenvalue weighted by Crippen LogP contribution is 2.22. The highest BCUT2D eigenvalue weighted by atomic mass is 16.5. The van der Waals surface area contributed by atoms with Crippen LogP contribution in [0.5, 0.6) is 5.75 Å². The second-order valence-electron chi connectivity index (χ2n) is 2.97. The fourth-order valence-corrected chi connectivity index (χ4v) is 1.16. The molecule has 0 unspecified atom stereocenters. The average molecular weight is 224 g/mol. The molecule has 86 valence electrons. The summed E-state index contributed by atoms with van der Waals surface area (Å²) >= 11 is 0. The van der Waals surface area contributed by atoms with E-state index in [1.165, 1.54) is 25.3 Å². The lowest BCUT2D eigenvalue weighted by atomic mass is 10.2. The Labute approximate surface area is 92.0 Å². The topological polar surface area (TPSA) is 102 Å². The first kappa shape index (κ1) is 12.0. The number of carbonyl (C=O) groups is 2. The van der Waals surface area contributed by atoms with Gasteiger partial charge in [0.15, 0.2) is 0 Å². The summed E-state index contributed by atoms with van der Waals surface area (Å²) in [5.74, 6) is -1.26. The first-order valence-corrected chi connectivity index (χ1v) is 4.49. The summed E-state index contributed by atoms with van der Waals surface area (Å²) in [6.07, 6.45) is 0. The highest BCUT2D eigenvalue weighted by Gasteiger charge is 2.11. The van der Waals surface area contributed by atoms with Crippen LogP contribution >= 0.6 is 0 Å². The van der Waals surface area contributed by atoms with E-state index in [2.05, 4.69) is 5.32 Å². The molecule has 0 atom stereocenters. The number of methoxy groups -OCH3 is 1. The molecule has 4 N–H and O–H groups in total. The van der Waals surface area contributed by atoms with Crippen molar-refractivity contribution in [2.75, 3.05) is 19.0 Å². The normalized spacial score (nSPS) is 9.62. The van der Waals surface area contributed by atoms with Gasteiger partial charge in [0.25, 0.3) is 0 Å². The lowest BCUT2D eigenvalue weighted by Gasteiger charge is -2.08. The van der Waals surface area contributed by atoms with E-state index in [0.29, 0.717) is 5.69 Å². The predicted molar refractivity (Wildman–Crippen MR) is 57.6 cm³/mol. The van der Waals surface area contributed by atoms with Crippen LogP contribution in [0, 0.1) is 0 Å². The number of hydrogen-bond acceptors (Lipinski definition) is 4. The molecule has 16 heavy (non-hydrogen) atoms. The van der Waals surface area contributed by atoms with Crippen LogP contribution in [0.1, 0.15) is 10.4 Å². The Balaban J connectivity index is 2.99. The predicted octanol–water partition coefficient (Wildman–Crippen LogP) is 0.291. The SMILES string of the molecule is COc1cc(NC(=O)CN)ccc1C(=O)O. The van der Waals surface area contributed by atoms with Gasteiger partial charge in [0.05, 0.1) is 13.7 Å². The molecule has 0 aliphatic carbocycles. The van der Waals surface area contributed by atoms with Crippen molar-refractivity contribution < 1.29 is 19.4 Å². The first-order valence-electron chi connectivity index (χ1n) is 4.49. The van der Waals surface area contributed by atoms with Crippen LogP contribution in [0.15, 0.2) is 18.2 Å². The van der Waals surface area contributed by atoms with Gasteiger partial charge in [-0.05, 0) is 12.1 Å². The van der Waals surface area contributed by atoms with Gasteiger partial charge in [-0.2, -0.15) is 0 Å². The zero-order valence-corrected chi connectivity index (χ0v) is 8.69. The average Bonchev–Trinajstić information content (AvgIpc) is 2.28. The van der Waals surface area contributed by atoms with E-state index in [-0.39, 0.29) is 23.8 Å². The fraction of sp³-hybridized carbons (Fsp3) is 0.200. The van der Waals surface area contributed by atoms with E-state index in [1.54, 1.807) is 0 Å². The van der Waals surface area contributed by atoms with E-state index >= 15 is 0 Å². The summed E-state index contributed by atoms with van der Waals surface area (Å²) in [6.45, 7) is -0.136. The van der Waals surface area contributed by atoms with Crippen molar-refractivity contribution in [1.82, 2.24) is 0 Å². The fourth-order valence-electron chi connectivity index (χ4n) is 1.16. The zero-order valence-electron chi connectivity index (χ0n) is 8.69. The number of carboxylic acid groups (broad SMARTS) is 1. The molecule has 0 aromatic heterocycles. The molecule has 1 rings (SSSR count). The van der Waals surface area contributed by atoms with Crippen LogP contribution in [0.25, 0.3) is 0 Å². The second kappa shape index (κ2) is 5.13. The smallest absolute Gasteiger partial charge is 0.339 e. The maximum absolute atomic E-state index is 11.0. The Kier molecular flexibility index (Phi) is 3.84. The van der Waals surface area contributed by atoms with Gasteiger partial charge >= 0.3 is 5.97 Å². The number of carboxylic acids is 1. The van der Waals surface area contributed by atoms with Gasteiger partial charge in [-0.3, -0.25) is 4.79 Å². The molecule has 6 heteroatoms. The monoisotopic (exact) mass is 224 g/mol. The third-order valence-electron chi connectivity index (χ3n) is 1.90. The van der Waals surface area contributed by atoms with Gasteiger partial charge in [-0.1, -0.05) is 0 Å². The number of nitrogens with two attached hydrogens (primary N) is 1. The highest BCUT2D eigenvalue weighted by molar-refractivity contribution is 5.95. The van der Waals surface area contributed by atoms with Crippen molar-refractivity contribution >= 4 is 17.6 Å². The molecule has 0 aliphatic heterocycles.